The molecule has 3 N–H and O–H groups in total. The highest BCUT2D eigenvalue weighted by atomic mass is 19.4. The molecule has 0 unspecified atom stereocenters. The molecular weight excluding hydrogens is 283 g/mol. The summed E-state index contributed by atoms with van der Waals surface area (Å²) in [5, 5.41) is 2.81. The first-order valence-corrected chi connectivity index (χ1v) is 6.02. The molecule has 3 rings (SSSR count). The number of aromatic nitrogens is 1. The van der Waals surface area contributed by atoms with E-state index in [1.165, 1.54) is 12.1 Å². The molecule has 4 nitrogen and oxygen atoms in total. The molecule has 1 heterocycles. The summed E-state index contributed by atoms with van der Waals surface area (Å²) in [5.74, 6) is 0. The molecule has 0 radical (unpaired) electrons. The van der Waals surface area contributed by atoms with Gasteiger partial charge in [-0.2, -0.15) is 18.2 Å². The van der Waals surface area contributed by atoms with Crippen LogP contribution in [0.3, 0.4) is 0 Å². The van der Waals surface area contributed by atoms with Crippen LogP contribution < -0.4 is 11.1 Å². The maximum absolute atomic E-state index is 12.5. The van der Waals surface area contributed by atoms with Gasteiger partial charge in [0.2, 0.25) is 0 Å². The highest BCUT2D eigenvalue weighted by Crippen LogP contribution is 2.30. The van der Waals surface area contributed by atoms with Gasteiger partial charge in [0.25, 0.3) is 6.01 Å². The molecule has 0 bridgehead atoms. The summed E-state index contributed by atoms with van der Waals surface area (Å²) >= 11 is 0. The number of nitrogens with one attached hydrogen (secondary N) is 1. The first-order valence-electron chi connectivity index (χ1n) is 6.02. The van der Waals surface area contributed by atoms with E-state index < -0.39 is 11.7 Å². The molecule has 0 aliphatic carbocycles. The number of hydrogen-bond acceptors (Lipinski definition) is 4. The largest absolute Gasteiger partial charge is 0.423 e. The number of rotatable bonds is 2. The molecule has 2 aromatic carbocycles. The van der Waals surface area contributed by atoms with E-state index in [1.807, 2.05) is 0 Å². The van der Waals surface area contributed by atoms with Crippen molar-refractivity contribution in [1.82, 2.24) is 4.98 Å². The smallest absolute Gasteiger partial charge is 0.416 e. The molecule has 21 heavy (non-hydrogen) atoms. The van der Waals surface area contributed by atoms with Crippen LogP contribution in [0.1, 0.15) is 5.56 Å². The minimum Gasteiger partial charge on any atom is -0.423 e. The summed E-state index contributed by atoms with van der Waals surface area (Å²) in [7, 11) is 0. The number of benzene rings is 2. The van der Waals surface area contributed by atoms with E-state index >= 15 is 0 Å². The lowest BCUT2D eigenvalue weighted by Crippen LogP contribution is -2.04. The van der Waals surface area contributed by atoms with Crippen LogP contribution in [0, 0.1) is 0 Å². The number of alkyl halides is 3. The zero-order valence-electron chi connectivity index (χ0n) is 10.6. The van der Waals surface area contributed by atoms with Crippen molar-refractivity contribution >= 4 is 28.5 Å². The van der Waals surface area contributed by atoms with Crippen molar-refractivity contribution in [3.63, 3.8) is 0 Å². The van der Waals surface area contributed by atoms with Crippen LogP contribution in [-0.2, 0) is 6.18 Å². The molecule has 0 fully saturated rings. The van der Waals surface area contributed by atoms with E-state index in [-0.39, 0.29) is 6.01 Å². The summed E-state index contributed by atoms with van der Waals surface area (Å²) in [6.07, 6.45) is -4.35. The lowest BCUT2D eigenvalue weighted by molar-refractivity contribution is -0.137. The molecule has 0 saturated heterocycles. The highest BCUT2D eigenvalue weighted by molar-refractivity contribution is 5.78. The van der Waals surface area contributed by atoms with Gasteiger partial charge in [-0.15, -0.1) is 0 Å². The molecule has 0 spiro atoms. The molecule has 0 aliphatic heterocycles. The van der Waals surface area contributed by atoms with E-state index in [2.05, 4.69) is 10.3 Å². The number of halogens is 3. The highest BCUT2D eigenvalue weighted by Gasteiger charge is 2.29. The Balaban J connectivity index is 1.84. The summed E-state index contributed by atoms with van der Waals surface area (Å²) in [5.41, 5.74) is 7.04. The average Bonchev–Trinajstić information content (AvgIpc) is 2.79. The van der Waals surface area contributed by atoms with Crippen LogP contribution in [0.15, 0.2) is 46.9 Å². The molecule has 7 heteroatoms. The van der Waals surface area contributed by atoms with Crippen LogP contribution in [0.2, 0.25) is 0 Å². The van der Waals surface area contributed by atoms with Crippen LogP contribution in [0.5, 0.6) is 0 Å². The Morgan fingerprint density at radius 3 is 2.43 bits per heavy atom. The maximum Gasteiger partial charge on any atom is 0.416 e. The lowest BCUT2D eigenvalue weighted by atomic mass is 10.2. The Morgan fingerprint density at radius 1 is 1.05 bits per heavy atom. The summed E-state index contributed by atoms with van der Waals surface area (Å²) in [6.45, 7) is 0. The summed E-state index contributed by atoms with van der Waals surface area (Å²) in [6, 6.07) is 9.79. The van der Waals surface area contributed by atoms with E-state index in [9.17, 15) is 13.2 Å². The van der Waals surface area contributed by atoms with Gasteiger partial charge in [-0.05, 0) is 42.5 Å². The van der Waals surface area contributed by atoms with Gasteiger partial charge in [0, 0.05) is 11.4 Å². The Morgan fingerprint density at radius 2 is 1.76 bits per heavy atom. The third-order valence-corrected chi connectivity index (χ3v) is 2.88. The Bertz CT molecular complexity index is 778. The second-order valence-electron chi connectivity index (χ2n) is 4.45. The standard InChI is InChI=1S/C14H10F3N3O/c15-14(16,17)8-1-4-10(5-2-8)19-13-20-11-7-9(18)3-6-12(11)21-13/h1-7H,18H2,(H,19,20). The maximum atomic E-state index is 12.5. The van der Waals surface area contributed by atoms with Crippen molar-refractivity contribution in [2.75, 3.05) is 11.1 Å². The quantitative estimate of drug-likeness (QED) is 0.696. The van der Waals surface area contributed by atoms with Crippen LogP contribution in [-0.4, -0.2) is 4.98 Å². The number of anilines is 3. The monoisotopic (exact) mass is 293 g/mol. The predicted octanol–water partition coefficient (Wildman–Crippen LogP) is 4.17. The Kier molecular flexibility index (Phi) is 2.97. The average molecular weight is 293 g/mol. The number of fused-ring (bicyclic) bond motifs is 1. The van der Waals surface area contributed by atoms with Gasteiger partial charge in [0.15, 0.2) is 5.58 Å². The number of nitrogens with two attached hydrogens (primary N) is 1. The van der Waals surface area contributed by atoms with Gasteiger partial charge in [0.1, 0.15) is 5.52 Å². The second-order valence-corrected chi connectivity index (χ2v) is 4.45. The van der Waals surface area contributed by atoms with Gasteiger partial charge >= 0.3 is 6.18 Å². The fourth-order valence-corrected chi connectivity index (χ4v) is 1.86. The van der Waals surface area contributed by atoms with Gasteiger partial charge in [-0.25, -0.2) is 0 Å². The molecule has 0 amide bonds. The lowest BCUT2D eigenvalue weighted by Gasteiger charge is -2.07. The summed E-state index contributed by atoms with van der Waals surface area (Å²) < 4.78 is 42.8. The number of hydrogen-bond donors (Lipinski definition) is 2. The van der Waals surface area contributed by atoms with E-state index in [0.29, 0.717) is 22.5 Å². The number of nitrogens with zero attached hydrogens (tertiary/aromatic N) is 1. The van der Waals surface area contributed by atoms with Crippen molar-refractivity contribution in [3.8, 4) is 0 Å². The predicted molar refractivity (Wildman–Crippen MR) is 73.1 cm³/mol. The minimum absolute atomic E-state index is 0.190. The Labute approximate surface area is 117 Å². The molecule has 0 saturated carbocycles. The first kappa shape index (κ1) is 13.3. The SMILES string of the molecule is Nc1ccc2oc(Nc3ccc(C(F)(F)F)cc3)nc2c1. The fraction of sp³-hybridized carbons (Fsp3) is 0.0714. The third kappa shape index (κ3) is 2.76. The van der Waals surface area contributed by atoms with Gasteiger partial charge in [-0.1, -0.05) is 0 Å². The first-order chi connectivity index (χ1) is 9.91. The van der Waals surface area contributed by atoms with Crippen molar-refractivity contribution in [2.24, 2.45) is 0 Å². The van der Waals surface area contributed by atoms with Crippen molar-refractivity contribution in [2.45, 2.75) is 6.18 Å². The third-order valence-electron chi connectivity index (χ3n) is 2.88. The Hall–Kier alpha value is -2.70. The van der Waals surface area contributed by atoms with E-state index in [1.54, 1.807) is 18.2 Å². The van der Waals surface area contributed by atoms with Crippen LogP contribution >= 0.6 is 0 Å². The van der Waals surface area contributed by atoms with E-state index in [0.717, 1.165) is 12.1 Å². The van der Waals surface area contributed by atoms with Crippen LogP contribution in [0.4, 0.5) is 30.6 Å². The van der Waals surface area contributed by atoms with Gasteiger partial charge in [0.05, 0.1) is 5.56 Å². The molecule has 0 aliphatic rings. The van der Waals surface area contributed by atoms with Gasteiger partial charge in [-0.3, -0.25) is 0 Å². The number of oxazole rings is 1. The summed E-state index contributed by atoms with van der Waals surface area (Å²) in [4.78, 5) is 4.16. The molecule has 0 atom stereocenters. The fourth-order valence-electron chi connectivity index (χ4n) is 1.86. The van der Waals surface area contributed by atoms with Crippen molar-refractivity contribution in [1.29, 1.82) is 0 Å². The molecule has 3 aromatic rings. The zero-order chi connectivity index (χ0) is 15.0. The molecular formula is C14H10F3N3O. The minimum atomic E-state index is -4.35. The number of nitrogen functional groups attached to an aromatic ring is 1. The van der Waals surface area contributed by atoms with Crippen molar-refractivity contribution < 1.29 is 17.6 Å². The second kappa shape index (κ2) is 4.69. The van der Waals surface area contributed by atoms with Gasteiger partial charge < -0.3 is 15.5 Å². The molecule has 1 aromatic heterocycles. The van der Waals surface area contributed by atoms with Crippen LogP contribution in [0.25, 0.3) is 11.1 Å². The van der Waals surface area contributed by atoms with E-state index in [4.69, 9.17) is 10.2 Å². The normalized spacial score (nSPS) is 11.8. The topological polar surface area (TPSA) is 64.1 Å². The van der Waals surface area contributed by atoms with Crippen molar-refractivity contribution in [3.05, 3.63) is 48.0 Å². The zero-order valence-corrected chi connectivity index (χ0v) is 10.6. The molecule has 108 valence electrons.